The molecule has 1 aromatic rings. The van der Waals surface area contributed by atoms with Crippen molar-refractivity contribution in [1.29, 1.82) is 0 Å². The minimum absolute atomic E-state index is 0.0236. The number of nitrogens with two attached hydrogens (primary N) is 1. The molecule has 1 heterocycles. The summed E-state index contributed by atoms with van der Waals surface area (Å²) in [5.41, 5.74) is 5.00. The lowest BCUT2D eigenvalue weighted by Gasteiger charge is -2.04. The fourth-order valence-corrected chi connectivity index (χ4v) is 1.27. The summed E-state index contributed by atoms with van der Waals surface area (Å²) in [5.74, 6) is -1.16. The molecule has 0 atom stereocenters. The number of carbonyl (C=O) groups excluding carboxylic acids is 2. The van der Waals surface area contributed by atoms with Crippen LogP contribution in [-0.2, 0) is 4.79 Å². The molecular formula is C8H7Cl2N3O2. The maximum absolute atomic E-state index is 11.4. The maximum Gasteiger partial charge on any atom is 0.254 e. The van der Waals surface area contributed by atoms with Crippen LogP contribution in [0.2, 0.25) is 10.3 Å². The quantitative estimate of drug-likeness (QED) is 0.768. The molecular weight excluding hydrogens is 241 g/mol. The van der Waals surface area contributed by atoms with Gasteiger partial charge in [0.05, 0.1) is 12.1 Å². The van der Waals surface area contributed by atoms with Crippen LogP contribution >= 0.6 is 23.2 Å². The predicted octanol–water partition coefficient (Wildman–Crippen LogP) is 0.603. The molecule has 0 saturated carbocycles. The molecule has 0 unspecified atom stereocenters. The van der Waals surface area contributed by atoms with Gasteiger partial charge in [0.1, 0.15) is 10.3 Å². The lowest BCUT2D eigenvalue weighted by molar-refractivity contribution is -0.117. The van der Waals surface area contributed by atoms with Crippen molar-refractivity contribution in [3.63, 3.8) is 0 Å². The highest BCUT2D eigenvalue weighted by Crippen LogP contribution is 2.16. The van der Waals surface area contributed by atoms with Gasteiger partial charge in [-0.05, 0) is 12.1 Å². The summed E-state index contributed by atoms with van der Waals surface area (Å²) < 4.78 is 0. The van der Waals surface area contributed by atoms with Gasteiger partial charge in [-0.25, -0.2) is 4.98 Å². The number of rotatable bonds is 3. The summed E-state index contributed by atoms with van der Waals surface area (Å²) in [4.78, 5) is 25.5. The third-order valence-corrected chi connectivity index (χ3v) is 1.98. The average Bonchev–Trinajstić information content (AvgIpc) is 2.14. The smallest absolute Gasteiger partial charge is 0.254 e. The summed E-state index contributed by atoms with van der Waals surface area (Å²) >= 11 is 11.2. The molecule has 0 saturated heterocycles. The van der Waals surface area contributed by atoms with Crippen molar-refractivity contribution in [2.75, 3.05) is 6.54 Å². The van der Waals surface area contributed by atoms with Crippen molar-refractivity contribution in [3.8, 4) is 0 Å². The molecule has 0 spiro atoms. The molecule has 0 bridgehead atoms. The van der Waals surface area contributed by atoms with E-state index in [1.807, 2.05) is 0 Å². The van der Waals surface area contributed by atoms with E-state index < -0.39 is 11.8 Å². The minimum Gasteiger partial charge on any atom is -0.368 e. The number of aromatic nitrogens is 1. The first-order chi connectivity index (χ1) is 7.00. The van der Waals surface area contributed by atoms with Crippen molar-refractivity contribution >= 4 is 35.0 Å². The molecule has 0 aliphatic carbocycles. The number of nitrogens with zero attached hydrogens (tertiary/aromatic N) is 1. The molecule has 5 nitrogen and oxygen atoms in total. The number of carbonyl (C=O) groups is 2. The van der Waals surface area contributed by atoms with Crippen molar-refractivity contribution in [2.45, 2.75) is 0 Å². The Morgan fingerprint density at radius 2 is 2.07 bits per heavy atom. The molecule has 15 heavy (non-hydrogen) atoms. The molecule has 0 radical (unpaired) electrons. The maximum atomic E-state index is 11.4. The second-order valence-corrected chi connectivity index (χ2v) is 3.37. The molecule has 3 N–H and O–H groups in total. The Balaban J connectivity index is 2.78. The van der Waals surface area contributed by atoms with Crippen molar-refractivity contribution in [3.05, 3.63) is 28.0 Å². The molecule has 0 aliphatic rings. The van der Waals surface area contributed by atoms with E-state index in [-0.39, 0.29) is 22.4 Å². The van der Waals surface area contributed by atoms with Gasteiger partial charge in [0.15, 0.2) is 0 Å². The van der Waals surface area contributed by atoms with E-state index >= 15 is 0 Å². The number of hydrogen-bond donors (Lipinski definition) is 2. The topological polar surface area (TPSA) is 85.1 Å². The minimum atomic E-state index is -0.638. The van der Waals surface area contributed by atoms with E-state index in [9.17, 15) is 9.59 Å². The highest BCUT2D eigenvalue weighted by atomic mass is 35.5. The molecule has 1 aromatic heterocycles. The van der Waals surface area contributed by atoms with Gasteiger partial charge in [-0.1, -0.05) is 23.2 Å². The number of hydrogen-bond acceptors (Lipinski definition) is 3. The van der Waals surface area contributed by atoms with Crippen LogP contribution in [0.4, 0.5) is 0 Å². The van der Waals surface area contributed by atoms with E-state index in [0.717, 1.165) is 0 Å². The normalized spacial score (nSPS) is 9.73. The molecule has 1 rings (SSSR count). The van der Waals surface area contributed by atoms with Crippen LogP contribution in [0, 0.1) is 0 Å². The first-order valence-corrected chi connectivity index (χ1v) is 4.65. The van der Waals surface area contributed by atoms with Crippen LogP contribution in [-0.4, -0.2) is 23.3 Å². The zero-order chi connectivity index (χ0) is 11.4. The molecule has 0 fully saturated rings. The summed E-state index contributed by atoms with van der Waals surface area (Å²) in [6.07, 6.45) is 0. The Hall–Kier alpha value is -1.33. The van der Waals surface area contributed by atoms with Gasteiger partial charge < -0.3 is 11.1 Å². The largest absolute Gasteiger partial charge is 0.368 e. The Bertz CT molecular complexity index is 409. The van der Waals surface area contributed by atoms with Crippen molar-refractivity contribution < 1.29 is 9.59 Å². The number of nitrogens with one attached hydrogen (secondary N) is 1. The second kappa shape index (κ2) is 4.95. The van der Waals surface area contributed by atoms with Gasteiger partial charge in [0, 0.05) is 0 Å². The number of pyridine rings is 1. The van der Waals surface area contributed by atoms with Crippen molar-refractivity contribution in [2.24, 2.45) is 5.73 Å². The van der Waals surface area contributed by atoms with Crippen molar-refractivity contribution in [1.82, 2.24) is 10.3 Å². The third-order valence-electron chi connectivity index (χ3n) is 1.48. The summed E-state index contributed by atoms with van der Waals surface area (Å²) in [5, 5.41) is 2.44. The lowest BCUT2D eigenvalue weighted by Crippen LogP contribution is -2.33. The van der Waals surface area contributed by atoms with Gasteiger partial charge in [-0.2, -0.15) is 0 Å². The van der Waals surface area contributed by atoms with Crippen LogP contribution in [0.25, 0.3) is 0 Å². The van der Waals surface area contributed by atoms with Gasteiger partial charge in [-0.3, -0.25) is 9.59 Å². The van der Waals surface area contributed by atoms with Crippen LogP contribution in [0.15, 0.2) is 12.1 Å². The van der Waals surface area contributed by atoms with E-state index in [0.29, 0.717) is 0 Å². The van der Waals surface area contributed by atoms with E-state index in [1.54, 1.807) is 0 Å². The average molecular weight is 248 g/mol. The third kappa shape index (κ3) is 3.38. The summed E-state index contributed by atoms with van der Waals surface area (Å²) in [6.45, 7) is -0.252. The van der Waals surface area contributed by atoms with Gasteiger partial charge in [0.2, 0.25) is 5.91 Å². The zero-order valence-electron chi connectivity index (χ0n) is 7.46. The first-order valence-electron chi connectivity index (χ1n) is 3.89. The molecule has 7 heteroatoms. The van der Waals surface area contributed by atoms with Crippen LogP contribution in [0.5, 0.6) is 0 Å². The molecule has 80 valence electrons. The van der Waals surface area contributed by atoms with Gasteiger partial charge in [-0.15, -0.1) is 0 Å². The lowest BCUT2D eigenvalue weighted by atomic mass is 10.2. The standard InChI is InChI=1S/C8H7Cl2N3O2/c9-5-2-1-4(7(10)13-5)8(15)12-3-6(11)14/h1-2H,3H2,(H2,11,14)(H,12,15). The second-order valence-electron chi connectivity index (χ2n) is 2.62. The van der Waals surface area contributed by atoms with E-state index in [1.165, 1.54) is 12.1 Å². The Kier molecular flexibility index (Phi) is 3.88. The fraction of sp³-hybridized carbons (Fsp3) is 0.125. The summed E-state index contributed by atoms with van der Waals surface area (Å²) in [6, 6.07) is 2.83. The van der Waals surface area contributed by atoms with Gasteiger partial charge in [0.25, 0.3) is 5.91 Å². The monoisotopic (exact) mass is 247 g/mol. The highest BCUT2D eigenvalue weighted by molar-refractivity contribution is 6.34. The van der Waals surface area contributed by atoms with E-state index in [2.05, 4.69) is 10.3 Å². The van der Waals surface area contributed by atoms with Crippen LogP contribution in [0.1, 0.15) is 10.4 Å². The Morgan fingerprint density at radius 3 is 2.60 bits per heavy atom. The number of halogens is 2. The van der Waals surface area contributed by atoms with E-state index in [4.69, 9.17) is 28.9 Å². The van der Waals surface area contributed by atoms with Crippen LogP contribution in [0.3, 0.4) is 0 Å². The SMILES string of the molecule is NC(=O)CNC(=O)c1ccc(Cl)nc1Cl. The molecule has 0 aliphatic heterocycles. The Labute approximate surface area is 95.6 Å². The van der Waals surface area contributed by atoms with Gasteiger partial charge >= 0.3 is 0 Å². The fourth-order valence-electron chi connectivity index (χ4n) is 0.844. The highest BCUT2D eigenvalue weighted by Gasteiger charge is 2.11. The molecule has 0 aromatic carbocycles. The zero-order valence-corrected chi connectivity index (χ0v) is 8.97. The first kappa shape index (κ1) is 11.7. The summed E-state index contributed by atoms with van der Waals surface area (Å²) in [7, 11) is 0. The molecule has 2 amide bonds. The Morgan fingerprint density at radius 1 is 1.40 bits per heavy atom. The number of primary amides is 1. The predicted molar refractivity (Wildman–Crippen MR) is 55.8 cm³/mol. The number of amides is 2. The van der Waals surface area contributed by atoms with Crippen LogP contribution < -0.4 is 11.1 Å².